The monoisotopic (exact) mass is 313 g/mol. The summed E-state index contributed by atoms with van der Waals surface area (Å²) < 4.78 is 0. The molecule has 2 amide bonds. The Hall–Kier alpha value is -1.96. The number of aryl methyl sites for hydroxylation is 1. The number of carbonyl (C=O) groups is 3. The summed E-state index contributed by atoms with van der Waals surface area (Å²) in [6.45, 7) is 6.90. The zero-order chi connectivity index (χ0) is 16.2. The molecule has 0 aliphatic heterocycles. The van der Waals surface area contributed by atoms with Crippen LogP contribution in [0.3, 0.4) is 0 Å². The molecular formula is C13H19N3O4S. The van der Waals surface area contributed by atoms with Crippen LogP contribution in [0.5, 0.6) is 0 Å². The third-order valence-corrected chi connectivity index (χ3v) is 3.71. The van der Waals surface area contributed by atoms with E-state index in [1.165, 1.54) is 0 Å². The number of nitrogens with zero attached hydrogens (tertiary/aromatic N) is 1. The van der Waals surface area contributed by atoms with Crippen molar-refractivity contribution in [3.63, 3.8) is 0 Å². The molecule has 0 radical (unpaired) electrons. The van der Waals surface area contributed by atoms with Gasteiger partial charge in [-0.05, 0) is 6.92 Å². The number of rotatable bonds is 5. The largest absolute Gasteiger partial charge is 0.477 e. The Bertz CT molecular complexity index is 560. The number of aromatic carboxylic acids is 1. The predicted octanol–water partition coefficient (Wildman–Crippen LogP) is 0.928. The number of amides is 2. The van der Waals surface area contributed by atoms with Crippen LogP contribution in [0, 0.1) is 12.3 Å². The molecule has 0 saturated heterocycles. The molecule has 0 spiro atoms. The topological polar surface area (TPSA) is 108 Å². The fourth-order valence-electron chi connectivity index (χ4n) is 1.39. The van der Waals surface area contributed by atoms with Gasteiger partial charge in [0.1, 0.15) is 9.88 Å². The number of carboxylic acids is 1. The van der Waals surface area contributed by atoms with Crippen LogP contribution >= 0.6 is 11.3 Å². The number of carboxylic acid groups (broad SMARTS) is 1. The van der Waals surface area contributed by atoms with E-state index in [-0.39, 0.29) is 29.8 Å². The summed E-state index contributed by atoms with van der Waals surface area (Å²) in [6, 6.07) is 0. The highest BCUT2D eigenvalue weighted by molar-refractivity contribution is 7.13. The second-order valence-corrected chi connectivity index (χ2v) is 6.62. The maximum Gasteiger partial charge on any atom is 0.347 e. The number of nitrogens with one attached hydrogen (secondary N) is 2. The summed E-state index contributed by atoms with van der Waals surface area (Å²) in [5.74, 6) is -1.59. The Morgan fingerprint density at radius 2 is 1.86 bits per heavy atom. The minimum absolute atomic E-state index is 0.119. The van der Waals surface area contributed by atoms with Gasteiger partial charge in [-0.2, -0.15) is 0 Å². The van der Waals surface area contributed by atoms with E-state index in [1.54, 1.807) is 27.7 Å². The molecule has 0 saturated carbocycles. The lowest BCUT2D eigenvalue weighted by atomic mass is 9.96. The van der Waals surface area contributed by atoms with Crippen molar-refractivity contribution in [3.8, 4) is 0 Å². The third kappa shape index (κ3) is 5.14. The lowest BCUT2D eigenvalue weighted by Crippen LogP contribution is -2.41. The molecular weight excluding hydrogens is 294 g/mol. The van der Waals surface area contributed by atoms with Crippen LogP contribution in [0.1, 0.15) is 41.1 Å². The van der Waals surface area contributed by atoms with Gasteiger partial charge in [0.15, 0.2) is 0 Å². The van der Waals surface area contributed by atoms with E-state index in [2.05, 4.69) is 15.6 Å². The van der Waals surface area contributed by atoms with Crippen LogP contribution in [0.15, 0.2) is 0 Å². The van der Waals surface area contributed by atoms with Gasteiger partial charge < -0.3 is 15.7 Å². The van der Waals surface area contributed by atoms with Crippen LogP contribution in [0.4, 0.5) is 0 Å². The van der Waals surface area contributed by atoms with E-state index >= 15 is 0 Å². The van der Waals surface area contributed by atoms with E-state index in [1.807, 2.05) is 0 Å². The van der Waals surface area contributed by atoms with Gasteiger partial charge in [-0.3, -0.25) is 9.59 Å². The van der Waals surface area contributed by atoms with Crippen molar-refractivity contribution < 1.29 is 19.5 Å². The molecule has 1 heterocycles. The standard InChI is InChI=1S/C13H19N3O4S/c1-7-10(11(18)19)21-9(16-7)6-14-8(17)5-15-12(20)13(2,3)4/h5-6H2,1-4H3,(H,14,17)(H,15,20)(H,18,19). The van der Waals surface area contributed by atoms with Crippen molar-refractivity contribution in [1.29, 1.82) is 0 Å². The van der Waals surface area contributed by atoms with E-state index in [9.17, 15) is 14.4 Å². The van der Waals surface area contributed by atoms with E-state index in [0.29, 0.717) is 10.7 Å². The molecule has 0 atom stereocenters. The molecule has 21 heavy (non-hydrogen) atoms. The fraction of sp³-hybridized carbons (Fsp3) is 0.538. The summed E-state index contributed by atoms with van der Waals surface area (Å²) in [5, 5.41) is 14.5. The Labute approximate surface area is 126 Å². The zero-order valence-electron chi connectivity index (χ0n) is 12.4. The Kier molecular flexibility index (Phi) is 5.42. The average Bonchev–Trinajstić information content (AvgIpc) is 2.73. The summed E-state index contributed by atoms with van der Waals surface area (Å²) in [5.41, 5.74) is -0.124. The lowest BCUT2D eigenvalue weighted by Gasteiger charge is -2.17. The van der Waals surface area contributed by atoms with Crippen molar-refractivity contribution in [2.75, 3.05) is 6.54 Å². The Morgan fingerprint density at radius 1 is 1.24 bits per heavy atom. The highest BCUT2D eigenvalue weighted by atomic mass is 32.1. The quantitative estimate of drug-likeness (QED) is 0.749. The first kappa shape index (κ1) is 17.1. The molecule has 1 aromatic heterocycles. The van der Waals surface area contributed by atoms with Crippen LogP contribution < -0.4 is 10.6 Å². The Balaban J connectivity index is 2.45. The summed E-state index contributed by atoms with van der Waals surface area (Å²) in [7, 11) is 0. The second kappa shape index (κ2) is 6.66. The van der Waals surface area contributed by atoms with Crippen molar-refractivity contribution in [2.24, 2.45) is 5.41 Å². The van der Waals surface area contributed by atoms with Crippen LogP contribution in [0.2, 0.25) is 0 Å². The van der Waals surface area contributed by atoms with Crippen LogP contribution in [-0.2, 0) is 16.1 Å². The van der Waals surface area contributed by atoms with E-state index in [4.69, 9.17) is 5.11 Å². The molecule has 0 aliphatic rings. The van der Waals surface area contributed by atoms with Gasteiger partial charge in [-0.25, -0.2) is 9.78 Å². The molecule has 7 nitrogen and oxygen atoms in total. The number of carbonyl (C=O) groups excluding carboxylic acids is 2. The number of hydrogen-bond acceptors (Lipinski definition) is 5. The molecule has 3 N–H and O–H groups in total. The molecule has 0 fully saturated rings. The smallest absolute Gasteiger partial charge is 0.347 e. The summed E-state index contributed by atoms with van der Waals surface area (Å²) >= 11 is 1.03. The summed E-state index contributed by atoms with van der Waals surface area (Å²) in [6.07, 6.45) is 0. The first-order valence-corrected chi connectivity index (χ1v) is 7.17. The van der Waals surface area contributed by atoms with Crippen molar-refractivity contribution in [3.05, 3.63) is 15.6 Å². The van der Waals surface area contributed by atoms with Gasteiger partial charge >= 0.3 is 5.97 Å². The number of aromatic nitrogens is 1. The van der Waals surface area contributed by atoms with E-state index < -0.39 is 11.4 Å². The molecule has 8 heteroatoms. The molecule has 1 rings (SSSR count). The first-order chi connectivity index (χ1) is 9.61. The zero-order valence-corrected chi connectivity index (χ0v) is 13.3. The number of hydrogen-bond donors (Lipinski definition) is 3. The van der Waals surface area contributed by atoms with Gasteiger partial charge in [0.05, 0.1) is 18.8 Å². The Morgan fingerprint density at radius 3 is 2.33 bits per heavy atom. The van der Waals surface area contributed by atoms with Crippen molar-refractivity contribution >= 4 is 29.1 Å². The van der Waals surface area contributed by atoms with Crippen LogP contribution in [-0.4, -0.2) is 34.4 Å². The average molecular weight is 313 g/mol. The highest BCUT2D eigenvalue weighted by Gasteiger charge is 2.21. The fourth-order valence-corrected chi connectivity index (χ4v) is 2.23. The maximum absolute atomic E-state index is 11.6. The second-order valence-electron chi connectivity index (χ2n) is 5.54. The first-order valence-electron chi connectivity index (χ1n) is 6.36. The lowest BCUT2D eigenvalue weighted by molar-refractivity contribution is -0.131. The molecule has 1 aromatic rings. The molecule has 0 aromatic carbocycles. The maximum atomic E-state index is 11.6. The normalized spacial score (nSPS) is 11.0. The van der Waals surface area contributed by atoms with Gasteiger partial charge in [-0.15, -0.1) is 11.3 Å². The number of thiazole rings is 1. The highest BCUT2D eigenvalue weighted by Crippen LogP contribution is 2.17. The van der Waals surface area contributed by atoms with E-state index in [0.717, 1.165) is 11.3 Å². The van der Waals surface area contributed by atoms with Gasteiger partial charge in [0.2, 0.25) is 11.8 Å². The summed E-state index contributed by atoms with van der Waals surface area (Å²) in [4.78, 5) is 38.3. The minimum Gasteiger partial charge on any atom is -0.477 e. The van der Waals surface area contributed by atoms with Crippen molar-refractivity contribution in [2.45, 2.75) is 34.2 Å². The molecule has 0 bridgehead atoms. The van der Waals surface area contributed by atoms with Crippen molar-refractivity contribution in [1.82, 2.24) is 15.6 Å². The van der Waals surface area contributed by atoms with Gasteiger partial charge in [0, 0.05) is 5.41 Å². The predicted molar refractivity (Wildman–Crippen MR) is 78.1 cm³/mol. The molecule has 0 aliphatic carbocycles. The minimum atomic E-state index is -1.03. The third-order valence-electron chi connectivity index (χ3n) is 2.56. The van der Waals surface area contributed by atoms with Gasteiger partial charge in [0.25, 0.3) is 0 Å². The van der Waals surface area contributed by atoms with Gasteiger partial charge in [-0.1, -0.05) is 20.8 Å². The SMILES string of the molecule is Cc1nc(CNC(=O)CNC(=O)C(C)(C)C)sc1C(=O)O. The molecule has 116 valence electrons. The van der Waals surface area contributed by atoms with Crippen LogP contribution in [0.25, 0.3) is 0 Å². The molecule has 0 unspecified atom stereocenters.